The molecule has 14 heavy (non-hydrogen) atoms. The molecule has 1 atom stereocenters. The molecule has 0 amide bonds. The van der Waals surface area contributed by atoms with Crippen LogP contribution in [0.5, 0.6) is 5.75 Å². The molecule has 0 saturated heterocycles. The molecule has 2 rings (SSSR count). The molecule has 1 aromatic rings. The molecule has 0 aromatic heterocycles. The molecule has 1 N–H and O–H groups in total. The number of fused-ring (bicyclic) bond motifs is 1. The third-order valence-corrected chi connectivity index (χ3v) is 2.72. The van der Waals surface area contributed by atoms with Gasteiger partial charge in [0.15, 0.2) is 0 Å². The minimum atomic E-state index is 0.317. The maximum Gasteiger partial charge on any atom is 0.127 e. The van der Waals surface area contributed by atoms with Crippen molar-refractivity contribution in [1.82, 2.24) is 5.32 Å². The lowest BCUT2D eigenvalue weighted by Gasteiger charge is -2.16. The molecule has 1 aliphatic rings. The Balaban J connectivity index is 2.33. The van der Waals surface area contributed by atoms with Crippen LogP contribution >= 0.6 is 0 Å². The number of rotatable bonds is 1. The first kappa shape index (κ1) is 9.53. The van der Waals surface area contributed by atoms with Crippen LogP contribution in [0.4, 0.5) is 0 Å². The summed E-state index contributed by atoms with van der Waals surface area (Å²) in [4.78, 5) is 0. The number of ether oxygens (including phenoxy) is 1. The summed E-state index contributed by atoms with van der Waals surface area (Å²) in [6.45, 7) is 6.14. The van der Waals surface area contributed by atoms with Crippen molar-refractivity contribution in [1.29, 1.82) is 0 Å². The molecular formula is C12H17NO. The van der Waals surface area contributed by atoms with E-state index in [0.717, 1.165) is 25.3 Å². The Morgan fingerprint density at radius 1 is 1.50 bits per heavy atom. The van der Waals surface area contributed by atoms with Crippen LogP contribution in [0.2, 0.25) is 0 Å². The van der Waals surface area contributed by atoms with Crippen LogP contribution < -0.4 is 10.1 Å². The highest BCUT2D eigenvalue weighted by atomic mass is 16.5. The smallest absolute Gasteiger partial charge is 0.127 e. The zero-order valence-corrected chi connectivity index (χ0v) is 8.84. The molecule has 0 bridgehead atoms. The van der Waals surface area contributed by atoms with E-state index >= 15 is 0 Å². The first-order chi connectivity index (χ1) is 6.81. The third-order valence-electron chi connectivity index (χ3n) is 2.72. The molecular weight excluding hydrogens is 174 g/mol. The fourth-order valence-electron chi connectivity index (χ4n) is 1.82. The quantitative estimate of drug-likeness (QED) is 0.735. The molecule has 1 heterocycles. The maximum absolute atomic E-state index is 5.97. The molecule has 1 aromatic carbocycles. The van der Waals surface area contributed by atoms with Crippen LogP contribution in [0.25, 0.3) is 0 Å². The van der Waals surface area contributed by atoms with Gasteiger partial charge in [-0.05, 0) is 18.9 Å². The third kappa shape index (κ3) is 1.75. The summed E-state index contributed by atoms with van der Waals surface area (Å²) in [5.41, 5.74) is 2.52. The van der Waals surface area contributed by atoms with Gasteiger partial charge in [0.25, 0.3) is 0 Å². The van der Waals surface area contributed by atoms with Gasteiger partial charge in [-0.25, -0.2) is 0 Å². The number of hydrogen-bond acceptors (Lipinski definition) is 2. The number of hydrogen-bond donors (Lipinski definition) is 1. The van der Waals surface area contributed by atoms with E-state index in [2.05, 4.69) is 37.4 Å². The average molecular weight is 191 g/mol. The minimum absolute atomic E-state index is 0.317. The van der Waals surface area contributed by atoms with Crippen LogP contribution in [0.1, 0.15) is 24.5 Å². The number of benzene rings is 1. The molecule has 2 nitrogen and oxygen atoms in total. The second kappa shape index (κ2) is 4.01. The van der Waals surface area contributed by atoms with Gasteiger partial charge in [0.2, 0.25) is 0 Å². The Bertz CT molecular complexity index is 322. The largest absolute Gasteiger partial charge is 0.489 e. The second-order valence-corrected chi connectivity index (χ2v) is 3.84. The van der Waals surface area contributed by atoms with E-state index in [-0.39, 0.29) is 0 Å². The fourth-order valence-corrected chi connectivity index (χ4v) is 1.82. The average Bonchev–Trinajstić information content (AvgIpc) is 2.40. The second-order valence-electron chi connectivity index (χ2n) is 3.84. The summed E-state index contributed by atoms with van der Waals surface area (Å²) in [5, 5.41) is 3.41. The van der Waals surface area contributed by atoms with E-state index in [1.54, 1.807) is 0 Å². The highest BCUT2D eigenvalue weighted by molar-refractivity contribution is 5.41. The molecule has 1 aliphatic heterocycles. The number of nitrogens with one attached hydrogen (secondary N) is 1. The van der Waals surface area contributed by atoms with Gasteiger partial charge < -0.3 is 10.1 Å². The van der Waals surface area contributed by atoms with Crippen LogP contribution in [0, 0.1) is 6.92 Å². The van der Waals surface area contributed by atoms with Gasteiger partial charge in [-0.3, -0.25) is 0 Å². The fraction of sp³-hybridized carbons (Fsp3) is 0.500. The Morgan fingerprint density at radius 2 is 2.36 bits per heavy atom. The summed E-state index contributed by atoms with van der Waals surface area (Å²) in [5.74, 6) is 1.09. The van der Waals surface area contributed by atoms with Crippen molar-refractivity contribution in [2.75, 3.05) is 6.54 Å². The number of aryl methyl sites for hydroxylation is 1. The predicted octanol–water partition coefficient (Wildman–Crippen LogP) is 2.26. The summed E-state index contributed by atoms with van der Waals surface area (Å²) in [6.07, 6.45) is 1.37. The SMILES string of the molecule is CC[C@@H]1CNCc2cccc(C)c2O1. The summed E-state index contributed by atoms with van der Waals surface area (Å²) in [6, 6.07) is 6.33. The van der Waals surface area contributed by atoms with Gasteiger partial charge in [0, 0.05) is 18.7 Å². The molecule has 2 heteroatoms. The van der Waals surface area contributed by atoms with Gasteiger partial charge in [-0.15, -0.1) is 0 Å². The van der Waals surface area contributed by atoms with Crippen LogP contribution in [-0.4, -0.2) is 12.6 Å². The lowest BCUT2D eigenvalue weighted by Crippen LogP contribution is -2.27. The van der Waals surface area contributed by atoms with Crippen molar-refractivity contribution < 1.29 is 4.74 Å². The van der Waals surface area contributed by atoms with Crippen molar-refractivity contribution >= 4 is 0 Å². The van der Waals surface area contributed by atoms with Gasteiger partial charge in [-0.1, -0.05) is 25.1 Å². The summed E-state index contributed by atoms with van der Waals surface area (Å²) in [7, 11) is 0. The van der Waals surface area contributed by atoms with Crippen molar-refractivity contribution in [3.8, 4) is 5.75 Å². The van der Waals surface area contributed by atoms with Crippen molar-refractivity contribution in [2.24, 2.45) is 0 Å². The molecule has 0 aliphatic carbocycles. The van der Waals surface area contributed by atoms with Crippen molar-refractivity contribution in [3.63, 3.8) is 0 Å². The normalized spacial score (nSPS) is 20.9. The van der Waals surface area contributed by atoms with Gasteiger partial charge in [0.05, 0.1) is 0 Å². The van der Waals surface area contributed by atoms with Crippen molar-refractivity contribution in [2.45, 2.75) is 32.9 Å². The van der Waals surface area contributed by atoms with E-state index in [9.17, 15) is 0 Å². The van der Waals surface area contributed by atoms with Gasteiger partial charge >= 0.3 is 0 Å². The van der Waals surface area contributed by atoms with Crippen LogP contribution in [0.3, 0.4) is 0 Å². The maximum atomic E-state index is 5.97. The standard InChI is InChI=1S/C12H17NO/c1-3-11-8-13-7-10-6-4-5-9(2)12(10)14-11/h4-6,11,13H,3,7-8H2,1-2H3/t11-/m1/s1. The monoisotopic (exact) mass is 191 g/mol. The summed E-state index contributed by atoms with van der Waals surface area (Å²) >= 11 is 0. The number of para-hydroxylation sites is 1. The van der Waals surface area contributed by atoms with Crippen LogP contribution in [-0.2, 0) is 6.54 Å². The Morgan fingerprint density at radius 3 is 3.14 bits per heavy atom. The first-order valence-electron chi connectivity index (χ1n) is 5.27. The van der Waals surface area contributed by atoms with Gasteiger partial charge in [-0.2, -0.15) is 0 Å². The van der Waals surface area contributed by atoms with E-state index in [1.165, 1.54) is 11.1 Å². The zero-order valence-electron chi connectivity index (χ0n) is 8.84. The Kier molecular flexibility index (Phi) is 2.73. The topological polar surface area (TPSA) is 21.3 Å². The lowest BCUT2D eigenvalue weighted by molar-refractivity contribution is 0.200. The molecule has 0 fully saturated rings. The minimum Gasteiger partial charge on any atom is -0.489 e. The highest BCUT2D eigenvalue weighted by Crippen LogP contribution is 2.26. The lowest BCUT2D eigenvalue weighted by atomic mass is 10.1. The van der Waals surface area contributed by atoms with E-state index in [4.69, 9.17) is 4.74 Å². The Labute approximate surface area is 85.3 Å². The molecule has 0 radical (unpaired) electrons. The first-order valence-corrected chi connectivity index (χ1v) is 5.27. The van der Waals surface area contributed by atoms with Crippen LogP contribution in [0.15, 0.2) is 18.2 Å². The molecule has 76 valence electrons. The van der Waals surface area contributed by atoms with E-state index in [0.29, 0.717) is 6.10 Å². The predicted molar refractivity (Wildman–Crippen MR) is 57.6 cm³/mol. The highest BCUT2D eigenvalue weighted by Gasteiger charge is 2.16. The Hall–Kier alpha value is -1.02. The van der Waals surface area contributed by atoms with Crippen molar-refractivity contribution in [3.05, 3.63) is 29.3 Å². The van der Waals surface area contributed by atoms with Gasteiger partial charge in [0.1, 0.15) is 11.9 Å². The zero-order chi connectivity index (χ0) is 9.97. The molecule has 0 unspecified atom stereocenters. The molecule has 0 spiro atoms. The summed E-state index contributed by atoms with van der Waals surface area (Å²) < 4.78 is 5.97. The van der Waals surface area contributed by atoms with E-state index in [1.807, 2.05) is 0 Å². The molecule has 0 saturated carbocycles. The van der Waals surface area contributed by atoms with E-state index < -0.39 is 0 Å².